The van der Waals surface area contributed by atoms with Crippen LogP contribution >= 0.6 is 11.6 Å². The summed E-state index contributed by atoms with van der Waals surface area (Å²) in [6, 6.07) is 12.1. The second-order valence-electron chi connectivity index (χ2n) is 5.19. The highest BCUT2D eigenvalue weighted by Crippen LogP contribution is 2.37. The maximum atomic E-state index is 12.3. The summed E-state index contributed by atoms with van der Waals surface area (Å²) in [4.78, 5) is 12.3. The first-order chi connectivity index (χ1) is 11.1. The minimum atomic E-state index is -0.442. The Morgan fingerprint density at radius 3 is 2.65 bits per heavy atom. The van der Waals surface area contributed by atoms with Crippen LogP contribution in [0.3, 0.4) is 0 Å². The number of amides is 1. The van der Waals surface area contributed by atoms with E-state index in [0.29, 0.717) is 35.4 Å². The van der Waals surface area contributed by atoms with E-state index >= 15 is 0 Å². The zero-order chi connectivity index (χ0) is 16.2. The van der Waals surface area contributed by atoms with Crippen molar-refractivity contribution in [1.29, 1.82) is 0 Å². The van der Waals surface area contributed by atoms with E-state index in [2.05, 4.69) is 10.6 Å². The standard InChI is InChI=1S/C17H17ClN2O3/c1-11(17(21)20-13-7-5-12(18)6-8-13)19-14-3-2-4-15-16(14)23-10-9-22-15/h2-8,11,19H,9-10H2,1H3,(H,20,21). The van der Waals surface area contributed by atoms with Gasteiger partial charge in [-0.15, -0.1) is 0 Å². The van der Waals surface area contributed by atoms with Crippen LogP contribution in [0.4, 0.5) is 11.4 Å². The highest BCUT2D eigenvalue weighted by molar-refractivity contribution is 6.30. The van der Waals surface area contributed by atoms with Crippen molar-refractivity contribution >= 4 is 28.9 Å². The summed E-state index contributed by atoms with van der Waals surface area (Å²) in [6.45, 7) is 2.81. The van der Waals surface area contributed by atoms with Gasteiger partial charge in [0, 0.05) is 10.7 Å². The molecule has 2 aromatic carbocycles. The lowest BCUT2D eigenvalue weighted by molar-refractivity contribution is -0.116. The third-order valence-electron chi connectivity index (χ3n) is 3.44. The molecule has 1 amide bonds. The lowest BCUT2D eigenvalue weighted by Gasteiger charge is -2.23. The molecule has 1 atom stereocenters. The number of rotatable bonds is 4. The summed E-state index contributed by atoms with van der Waals surface area (Å²) in [7, 11) is 0. The fourth-order valence-corrected chi connectivity index (χ4v) is 2.40. The van der Waals surface area contributed by atoms with Crippen molar-refractivity contribution in [3.05, 3.63) is 47.5 Å². The second-order valence-corrected chi connectivity index (χ2v) is 5.63. The third kappa shape index (κ3) is 3.68. The van der Waals surface area contributed by atoms with Crippen molar-refractivity contribution in [3.8, 4) is 11.5 Å². The number of para-hydroxylation sites is 1. The second kappa shape index (κ2) is 6.79. The van der Waals surface area contributed by atoms with E-state index in [1.54, 1.807) is 31.2 Å². The molecule has 2 N–H and O–H groups in total. The predicted octanol–water partition coefficient (Wildman–Crippen LogP) is 3.55. The molecule has 1 unspecified atom stereocenters. The Morgan fingerprint density at radius 2 is 1.87 bits per heavy atom. The van der Waals surface area contributed by atoms with Crippen molar-refractivity contribution in [1.82, 2.24) is 0 Å². The number of halogens is 1. The van der Waals surface area contributed by atoms with E-state index in [1.165, 1.54) is 0 Å². The first-order valence-electron chi connectivity index (χ1n) is 7.35. The van der Waals surface area contributed by atoms with E-state index in [1.807, 2.05) is 18.2 Å². The van der Waals surface area contributed by atoms with Gasteiger partial charge in [0.05, 0.1) is 5.69 Å². The fraction of sp³-hybridized carbons (Fsp3) is 0.235. The average molecular weight is 333 g/mol. The van der Waals surface area contributed by atoms with Crippen molar-refractivity contribution < 1.29 is 14.3 Å². The van der Waals surface area contributed by atoms with Crippen molar-refractivity contribution in [2.24, 2.45) is 0 Å². The van der Waals surface area contributed by atoms with Crippen LogP contribution in [0.1, 0.15) is 6.92 Å². The van der Waals surface area contributed by atoms with E-state index in [-0.39, 0.29) is 5.91 Å². The first-order valence-corrected chi connectivity index (χ1v) is 7.73. The minimum Gasteiger partial charge on any atom is -0.486 e. The molecule has 0 aliphatic carbocycles. The summed E-state index contributed by atoms with van der Waals surface area (Å²) in [5.74, 6) is 1.18. The number of benzene rings is 2. The fourth-order valence-electron chi connectivity index (χ4n) is 2.27. The average Bonchev–Trinajstić information content (AvgIpc) is 2.57. The van der Waals surface area contributed by atoms with Crippen LogP contribution in [-0.2, 0) is 4.79 Å². The maximum Gasteiger partial charge on any atom is 0.246 e. The van der Waals surface area contributed by atoms with Crippen LogP contribution in [0.15, 0.2) is 42.5 Å². The van der Waals surface area contributed by atoms with Crippen LogP contribution in [-0.4, -0.2) is 25.2 Å². The SMILES string of the molecule is CC(Nc1cccc2c1OCCO2)C(=O)Nc1ccc(Cl)cc1. The Labute approximate surface area is 139 Å². The van der Waals surface area contributed by atoms with Gasteiger partial charge in [0.15, 0.2) is 11.5 Å². The smallest absolute Gasteiger partial charge is 0.246 e. The Kier molecular flexibility index (Phi) is 4.57. The Bertz CT molecular complexity index is 703. The molecule has 0 saturated heterocycles. The van der Waals surface area contributed by atoms with E-state index < -0.39 is 6.04 Å². The molecule has 1 aliphatic rings. The number of hydrogen-bond donors (Lipinski definition) is 2. The topological polar surface area (TPSA) is 59.6 Å². The lowest BCUT2D eigenvalue weighted by Crippen LogP contribution is -2.32. The molecule has 23 heavy (non-hydrogen) atoms. The normalized spacial score (nSPS) is 14.0. The zero-order valence-electron chi connectivity index (χ0n) is 12.6. The molecular weight excluding hydrogens is 316 g/mol. The molecule has 1 aliphatic heterocycles. The molecule has 3 rings (SSSR count). The monoisotopic (exact) mass is 332 g/mol. The summed E-state index contributed by atoms with van der Waals surface area (Å²) in [6.07, 6.45) is 0. The molecule has 5 nitrogen and oxygen atoms in total. The Balaban J connectivity index is 1.68. The van der Waals surface area contributed by atoms with Gasteiger partial charge >= 0.3 is 0 Å². The lowest BCUT2D eigenvalue weighted by atomic mass is 10.2. The molecule has 0 spiro atoms. The molecule has 0 bridgehead atoms. The minimum absolute atomic E-state index is 0.151. The first kappa shape index (κ1) is 15.5. The van der Waals surface area contributed by atoms with Crippen LogP contribution in [0.5, 0.6) is 11.5 Å². The molecule has 0 radical (unpaired) electrons. The van der Waals surface area contributed by atoms with Crippen LogP contribution < -0.4 is 20.1 Å². The number of ether oxygens (including phenoxy) is 2. The Morgan fingerprint density at radius 1 is 1.13 bits per heavy atom. The number of carbonyl (C=O) groups is 1. The third-order valence-corrected chi connectivity index (χ3v) is 3.70. The number of fused-ring (bicyclic) bond motifs is 1. The molecule has 0 aromatic heterocycles. The molecule has 120 valence electrons. The van der Waals surface area contributed by atoms with Gasteiger partial charge in [-0.2, -0.15) is 0 Å². The number of hydrogen-bond acceptors (Lipinski definition) is 4. The van der Waals surface area contributed by atoms with Crippen molar-refractivity contribution in [2.45, 2.75) is 13.0 Å². The highest BCUT2D eigenvalue weighted by atomic mass is 35.5. The molecule has 6 heteroatoms. The maximum absolute atomic E-state index is 12.3. The van der Waals surface area contributed by atoms with E-state index in [0.717, 1.165) is 5.69 Å². The summed E-state index contributed by atoms with van der Waals surface area (Å²) < 4.78 is 11.2. The van der Waals surface area contributed by atoms with Gasteiger partial charge in [0.25, 0.3) is 0 Å². The summed E-state index contributed by atoms with van der Waals surface area (Å²) in [5.41, 5.74) is 1.43. The summed E-state index contributed by atoms with van der Waals surface area (Å²) >= 11 is 5.83. The molecule has 2 aromatic rings. The van der Waals surface area contributed by atoms with Gasteiger partial charge in [0.1, 0.15) is 19.3 Å². The van der Waals surface area contributed by atoms with Gasteiger partial charge < -0.3 is 20.1 Å². The van der Waals surface area contributed by atoms with Gasteiger partial charge in [-0.25, -0.2) is 0 Å². The van der Waals surface area contributed by atoms with Crippen molar-refractivity contribution in [3.63, 3.8) is 0 Å². The summed E-state index contributed by atoms with van der Waals surface area (Å²) in [5, 5.41) is 6.62. The van der Waals surface area contributed by atoms with Crippen molar-refractivity contribution in [2.75, 3.05) is 23.8 Å². The van der Waals surface area contributed by atoms with Crippen LogP contribution in [0.25, 0.3) is 0 Å². The van der Waals surface area contributed by atoms with E-state index in [4.69, 9.17) is 21.1 Å². The van der Waals surface area contributed by atoms with Gasteiger partial charge in [-0.05, 0) is 43.3 Å². The molecule has 1 heterocycles. The number of nitrogens with one attached hydrogen (secondary N) is 2. The zero-order valence-corrected chi connectivity index (χ0v) is 13.4. The molecule has 0 saturated carbocycles. The largest absolute Gasteiger partial charge is 0.486 e. The number of anilines is 2. The molecular formula is C17H17ClN2O3. The predicted molar refractivity (Wildman–Crippen MR) is 90.6 cm³/mol. The van der Waals surface area contributed by atoms with E-state index in [9.17, 15) is 4.79 Å². The highest BCUT2D eigenvalue weighted by Gasteiger charge is 2.19. The van der Waals surface area contributed by atoms with Gasteiger partial charge in [0.2, 0.25) is 5.91 Å². The van der Waals surface area contributed by atoms with Crippen LogP contribution in [0.2, 0.25) is 5.02 Å². The quantitative estimate of drug-likeness (QED) is 0.899. The molecule has 0 fully saturated rings. The van der Waals surface area contributed by atoms with Crippen LogP contribution in [0, 0.1) is 0 Å². The number of carbonyl (C=O) groups excluding carboxylic acids is 1. The Hall–Kier alpha value is -2.40. The van der Waals surface area contributed by atoms with Gasteiger partial charge in [-0.1, -0.05) is 17.7 Å². The van der Waals surface area contributed by atoms with Gasteiger partial charge in [-0.3, -0.25) is 4.79 Å².